The molecule has 0 spiro atoms. The first-order valence-corrected chi connectivity index (χ1v) is 3.81. The number of halogens is 3. The summed E-state index contributed by atoms with van der Waals surface area (Å²) in [5, 5.41) is 0. The van der Waals surface area contributed by atoms with Crippen LogP contribution in [-0.2, 0) is 0 Å². The van der Waals surface area contributed by atoms with Gasteiger partial charge in [0.15, 0.2) is 0 Å². The molecule has 0 aromatic carbocycles. The third-order valence-electron chi connectivity index (χ3n) is 1.27. The molecule has 0 fully saturated rings. The maximum atomic E-state index is 12.1. The highest BCUT2D eigenvalue weighted by atomic mass is 79.9. The first-order chi connectivity index (χ1) is 5.52. The van der Waals surface area contributed by atoms with E-state index in [0.29, 0.717) is 4.47 Å². The van der Waals surface area contributed by atoms with E-state index >= 15 is 0 Å². The summed E-state index contributed by atoms with van der Waals surface area (Å²) in [7, 11) is 0. The molecule has 0 atom stereocenters. The van der Waals surface area contributed by atoms with E-state index < -0.39 is 12.1 Å². The minimum absolute atomic E-state index is 0.0134. The van der Waals surface area contributed by atoms with E-state index in [0.717, 1.165) is 0 Å². The molecule has 0 aliphatic heterocycles. The molecule has 1 rings (SSSR count). The summed E-state index contributed by atoms with van der Waals surface area (Å²) in [6.07, 6.45) is -2.69. The number of alkyl halides is 2. The van der Waals surface area contributed by atoms with Crippen molar-refractivity contribution < 1.29 is 8.78 Å². The molecular weight excluding hydrogens is 232 g/mol. The van der Waals surface area contributed by atoms with Crippen LogP contribution in [0.2, 0.25) is 0 Å². The van der Waals surface area contributed by atoms with Crippen LogP contribution in [0.3, 0.4) is 0 Å². The minimum Gasteiger partial charge on any atom is -0.397 e. The summed E-state index contributed by atoms with van der Waals surface area (Å²) in [5.74, 6) is 0.0134. The topological polar surface area (TPSA) is 64.9 Å². The van der Waals surface area contributed by atoms with Crippen LogP contribution < -0.4 is 11.5 Å². The number of hydrogen-bond donors (Lipinski definition) is 2. The Bertz CT molecular complexity index is 303. The summed E-state index contributed by atoms with van der Waals surface area (Å²) >= 11 is 3.02. The average molecular weight is 238 g/mol. The van der Waals surface area contributed by atoms with Crippen LogP contribution in [0.5, 0.6) is 0 Å². The first kappa shape index (κ1) is 9.18. The molecule has 3 nitrogen and oxygen atoms in total. The summed E-state index contributed by atoms with van der Waals surface area (Å²) < 4.78 is 24.7. The Labute approximate surface area is 75.9 Å². The van der Waals surface area contributed by atoms with Gasteiger partial charge >= 0.3 is 0 Å². The molecule has 0 aliphatic rings. The van der Waals surface area contributed by atoms with Crippen molar-refractivity contribution in [2.24, 2.45) is 0 Å². The summed E-state index contributed by atoms with van der Waals surface area (Å²) in [5.41, 5.74) is 10.0. The monoisotopic (exact) mass is 237 g/mol. The molecule has 12 heavy (non-hydrogen) atoms. The van der Waals surface area contributed by atoms with Crippen molar-refractivity contribution in [3.63, 3.8) is 0 Å². The lowest BCUT2D eigenvalue weighted by molar-refractivity contribution is 0.147. The Morgan fingerprint density at radius 2 is 2.00 bits per heavy atom. The minimum atomic E-state index is -2.69. The smallest absolute Gasteiger partial charge is 0.282 e. The van der Waals surface area contributed by atoms with Crippen LogP contribution in [0.4, 0.5) is 20.3 Å². The van der Waals surface area contributed by atoms with E-state index in [-0.39, 0.29) is 11.5 Å². The molecule has 6 heteroatoms. The Morgan fingerprint density at radius 3 is 2.50 bits per heavy atom. The van der Waals surface area contributed by atoms with Gasteiger partial charge in [-0.1, -0.05) is 0 Å². The number of aromatic nitrogens is 1. The third kappa shape index (κ3) is 1.63. The van der Waals surface area contributed by atoms with Crippen molar-refractivity contribution in [1.29, 1.82) is 0 Å². The fourth-order valence-corrected chi connectivity index (χ4v) is 1.04. The Hall–Kier alpha value is -0.910. The molecule has 66 valence electrons. The number of nitrogens with zero attached hydrogens (tertiary/aromatic N) is 1. The Kier molecular flexibility index (Phi) is 2.46. The zero-order chi connectivity index (χ0) is 9.30. The Morgan fingerprint density at radius 1 is 1.42 bits per heavy atom. The second-order valence-corrected chi connectivity index (χ2v) is 2.98. The summed E-state index contributed by atoms with van der Waals surface area (Å²) in [4.78, 5) is 3.43. The molecule has 0 radical (unpaired) electrons. The van der Waals surface area contributed by atoms with Crippen molar-refractivity contribution in [3.8, 4) is 0 Å². The molecule has 0 unspecified atom stereocenters. The SMILES string of the molecule is Nc1cc(Br)c(N)nc1C(F)F. The van der Waals surface area contributed by atoms with Crippen LogP contribution in [0.25, 0.3) is 0 Å². The molecule has 1 heterocycles. The fraction of sp³-hybridized carbons (Fsp3) is 0.167. The zero-order valence-corrected chi connectivity index (χ0v) is 7.48. The van der Waals surface area contributed by atoms with E-state index in [4.69, 9.17) is 11.5 Å². The molecule has 0 aliphatic carbocycles. The van der Waals surface area contributed by atoms with Gasteiger partial charge in [0, 0.05) is 0 Å². The van der Waals surface area contributed by atoms with Crippen molar-refractivity contribution in [2.75, 3.05) is 11.5 Å². The zero-order valence-electron chi connectivity index (χ0n) is 5.89. The average Bonchev–Trinajstić information content (AvgIpc) is 1.96. The summed E-state index contributed by atoms with van der Waals surface area (Å²) in [6.45, 7) is 0. The quantitative estimate of drug-likeness (QED) is 0.785. The number of pyridine rings is 1. The molecular formula is C6H6BrF2N3. The van der Waals surface area contributed by atoms with Gasteiger partial charge in [0.05, 0.1) is 10.2 Å². The number of nitrogens with two attached hydrogens (primary N) is 2. The van der Waals surface area contributed by atoms with Crippen LogP contribution in [-0.4, -0.2) is 4.98 Å². The second kappa shape index (κ2) is 3.22. The lowest BCUT2D eigenvalue weighted by Gasteiger charge is -2.05. The Balaban J connectivity index is 3.23. The van der Waals surface area contributed by atoms with Gasteiger partial charge in [0.25, 0.3) is 6.43 Å². The van der Waals surface area contributed by atoms with Gasteiger partial charge in [-0.25, -0.2) is 13.8 Å². The van der Waals surface area contributed by atoms with Gasteiger partial charge in [0.2, 0.25) is 0 Å². The molecule has 0 amide bonds. The molecule has 1 aromatic heterocycles. The molecule has 0 saturated heterocycles. The van der Waals surface area contributed by atoms with E-state index in [2.05, 4.69) is 20.9 Å². The van der Waals surface area contributed by atoms with Crippen LogP contribution in [0.1, 0.15) is 12.1 Å². The van der Waals surface area contributed by atoms with Gasteiger partial charge in [-0.2, -0.15) is 0 Å². The highest BCUT2D eigenvalue weighted by Gasteiger charge is 2.14. The van der Waals surface area contributed by atoms with E-state index in [1.165, 1.54) is 6.07 Å². The number of rotatable bonds is 1. The van der Waals surface area contributed by atoms with Gasteiger partial charge in [0.1, 0.15) is 11.5 Å². The second-order valence-electron chi connectivity index (χ2n) is 2.13. The van der Waals surface area contributed by atoms with Gasteiger partial charge in [-0.3, -0.25) is 0 Å². The van der Waals surface area contributed by atoms with Crippen molar-refractivity contribution in [2.45, 2.75) is 6.43 Å². The van der Waals surface area contributed by atoms with Crippen molar-refractivity contribution in [3.05, 3.63) is 16.2 Å². The molecule has 1 aromatic rings. The van der Waals surface area contributed by atoms with Crippen LogP contribution in [0, 0.1) is 0 Å². The third-order valence-corrected chi connectivity index (χ3v) is 1.91. The van der Waals surface area contributed by atoms with E-state index in [1.807, 2.05) is 0 Å². The maximum Gasteiger partial charge on any atom is 0.282 e. The predicted octanol–water partition coefficient (Wildman–Crippen LogP) is 1.95. The molecule has 0 bridgehead atoms. The van der Waals surface area contributed by atoms with Crippen molar-refractivity contribution in [1.82, 2.24) is 4.98 Å². The molecule has 4 N–H and O–H groups in total. The standard InChI is InChI=1S/C6H6BrF2N3/c7-2-1-3(10)4(5(8)9)12-6(2)11/h1,5H,10H2,(H2,11,12). The molecule has 0 saturated carbocycles. The lowest BCUT2D eigenvalue weighted by Crippen LogP contribution is -2.02. The van der Waals surface area contributed by atoms with E-state index in [1.54, 1.807) is 0 Å². The summed E-state index contributed by atoms with van der Waals surface area (Å²) in [6, 6.07) is 1.31. The lowest BCUT2D eigenvalue weighted by atomic mass is 10.3. The fourth-order valence-electron chi connectivity index (χ4n) is 0.707. The first-order valence-electron chi connectivity index (χ1n) is 3.02. The largest absolute Gasteiger partial charge is 0.397 e. The van der Waals surface area contributed by atoms with Crippen LogP contribution in [0.15, 0.2) is 10.5 Å². The number of nitrogen functional groups attached to an aromatic ring is 2. The van der Waals surface area contributed by atoms with Gasteiger partial charge in [-0.15, -0.1) is 0 Å². The number of anilines is 2. The predicted molar refractivity (Wildman–Crippen MR) is 45.7 cm³/mol. The maximum absolute atomic E-state index is 12.1. The highest BCUT2D eigenvalue weighted by molar-refractivity contribution is 9.10. The van der Waals surface area contributed by atoms with Gasteiger partial charge in [-0.05, 0) is 22.0 Å². The normalized spacial score (nSPS) is 10.7. The van der Waals surface area contributed by atoms with Crippen LogP contribution >= 0.6 is 15.9 Å². The van der Waals surface area contributed by atoms with Crippen molar-refractivity contribution >= 4 is 27.4 Å². The highest BCUT2D eigenvalue weighted by Crippen LogP contribution is 2.28. The van der Waals surface area contributed by atoms with Gasteiger partial charge < -0.3 is 11.5 Å². The van der Waals surface area contributed by atoms with E-state index in [9.17, 15) is 8.78 Å². The number of hydrogen-bond acceptors (Lipinski definition) is 3.